The Hall–Kier alpha value is -2.81. The second-order valence-electron chi connectivity index (χ2n) is 6.57. The van der Waals surface area contributed by atoms with Crippen LogP contribution in [0.2, 0.25) is 0 Å². The first kappa shape index (κ1) is 19.0. The molecule has 1 saturated carbocycles. The van der Waals surface area contributed by atoms with Crippen LogP contribution in [0.4, 0.5) is 0 Å². The molecule has 2 aromatic rings. The highest BCUT2D eigenvalue weighted by atomic mass is 16.5. The molecule has 1 aromatic carbocycles. The number of nitrogens with zero attached hydrogens (tertiary/aromatic N) is 2. The molecule has 9 heteroatoms. The quantitative estimate of drug-likeness (QED) is 0.637. The number of benzene rings is 1. The predicted molar refractivity (Wildman–Crippen MR) is 96.0 cm³/mol. The molecule has 0 bridgehead atoms. The molecule has 1 aliphatic carbocycles. The summed E-state index contributed by atoms with van der Waals surface area (Å²) in [6, 6.07) is 3.86. The Bertz CT molecular complexity index is 778. The molecule has 1 atom stereocenters. The van der Waals surface area contributed by atoms with Crippen LogP contribution in [0.3, 0.4) is 0 Å². The van der Waals surface area contributed by atoms with Crippen molar-refractivity contribution in [2.45, 2.75) is 25.4 Å². The van der Waals surface area contributed by atoms with Crippen molar-refractivity contribution in [3.63, 3.8) is 0 Å². The van der Waals surface area contributed by atoms with E-state index in [1.807, 2.05) is 7.05 Å². The van der Waals surface area contributed by atoms with Gasteiger partial charge in [-0.2, -0.15) is 0 Å². The molecule has 1 fully saturated rings. The lowest BCUT2D eigenvalue weighted by atomic mass is 10.2. The molecule has 0 radical (unpaired) electrons. The Labute approximate surface area is 157 Å². The molecule has 3 rings (SSSR count). The number of hydrogen-bond donors (Lipinski definition) is 2. The lowest BCUT2D eigenvalue weighted by molar-refractivity contribution is -0.886. The summed E-state index contributed by atoms with van der Waals surface area (Å²) in [4.78, 5) is 12.8. The summed E-state index contributed by atoms with van der Waals surface area (Å²) < 4.78 is 21.8. The zero-order chi connectivity index (χ0) is 19.4. The third-order valence-electron chi connectivity index (χ3n) is 4.24. The topological polar surface area (TPSA) is 100 Å². The molecule has 0 aliphatic heterocycles. The summed E-state index contributed by atoms with van der Waals surface area (Å²) in [5, 5.41) is 11.2. The third kappa shape index (κ3) is 4.68. The normalized spacial score (nSPS) is 14.5. The second-order valence-corrected chi connectivity index (χ2v) is 6.57. The molecule has 1 aromatic heterocycles. The van der Waals surface area contributed by atoms with E-state index in [4.69, 9.17) is 18.6 Å². The maximum atomic E-state index is 11.9. The highest BCUT2D eigenvalue weighted by Crippen LogP contribution is 2.40. The van der Waals surface area contributed by atoms with E-state index in [1.165, 1.54) is 0 Å². The highest BCUT2D eigenvalue weighted by molar-refractivity contribution is 5.77. The number of aromatic nitrogens is 2. The fourth-order valence-corrected chi connectivity index (χ4v) is 2.75. The minimum absolute atomic E-state index is 0.0411. The SMILES string of the molecule is COc1cc(-c2nnc(C[NH+](C)CC(=O)NC3CC3)o2)cc(OC)c1OC. The fourth-order valence-electron chi connectivity index (χ4n) is 2.75. The van der Waals surface area contributed by atoms with Gasteiger partial charge in [-0.3, -0.25) is 4.79 Å². The van der Waals surface area contributed by atoms with E-state index < -0.39 is 0 Å². The van der Waals surface area contributed by atoms with E-state index in [0.717, 1.165) is 17.7 Å². The van der Waals surface area contributed by atoms with Gasteiger partial charge < -0.3 is 28.8 Å². The van der Waals surface area contributed by atoms with E-state index in [0.29, 0.717) is 53.7 Å². The molecule has 27 heavy (non-hydrogen) atoms. The summed E-state index contributed by atoms with van der Waals surface area (Å²) in [7, 11) is 6.55. The van der Waals surface area contributed by atoms with Crippen molar-refractivity contribution >= 4 is 5.91 Å². The van der Waals surface area contributed by atoms with Crippen molar-refractivity contribution in [2.75, 3.05) is 34.9 Å². The molecule has 2 N–H and O–H groups in total. The first-order valence-corrected chi connectivity index (χ1v) is 8.77. The first-order chi connectivity index (χ1) is 13.0. The van der Waals surface area contributed by atoms with Gasteiger partial charge in [0.1, 0.15) is 0 Å². The van der Waals surface area contributed by atoms with Crippen molar-refractivity contribution in [3.05, 3.63) is 18.0 Å². The number of methoxy groups -OCH3 is 3. The van der Waals surface area contributed by atoms with E-state index >= 15 is 0 Å². The molecule has 1 amide bonds. The number of ether oxygens (including phenoxy) is 3. The van der Waals surface area contributed by atoms with Crippen LogP contribution < -0.4 is 24.4 Å². The van der Waals surface area contributed by atoms with E-state index in [-0.39, 0.29) is 5.91 Å². The molecule has 9 nitrogen and oxygen atoms in total. The zero-order valence-corrected chi connectivity index (χ0v) is 16.0. The Morgan fingerprint density at radius 3 is 2.41 bits per heavy atom. The number of amides is 1. The number of hydrogen-bond acceptors (Lipinski definition) is 7. The number of quaternary nitrogens is 1. The second kappa shape index (κ2) is 8.26. The summed E-state index contributed by atoms with van der Waals surface area (Å²) in [5.74, 6) is 2.35. The van der Waals surface area contributed by atoms with Gasteiger partial charge >= 0.3 is 0 Å². The number of nitrogens with one attached hydrogen (secondary N) is 2. The van der Waals surface area contributed by atoms with Crippen molar-refractivity contribution in [1.29, 1.82) is 0 Å². The van der Waals surface area contributed by atoms with Crippen LogP contribution in [0.25, 0.3) is 11.5 Å². The van der Waals surface area contributed by atoms with Gasteiger partial charge in [-0.15, -0.1) is 10.2 Å². The van der Waals surface area contributed by atoms with Crippen LogP contribution in [-0.4, -0.2) is 57.1 Å². The summed E-state index contributed by atoms with van der Waals surface area (Å²) >= 11 is 0. The third-order valence-corrected chi connectivity index (χ3v) is 4.24. The van der Waals surface area contributed by atoms with Gasteiger partial charge in [0.25, 0.3) is 11.8 Å². The van der Waals surface area contributed by atoms with E-state index in [2.05, 4.69) is 15.5 Å². The van der Waals surface area contributed by atoms with Gasteiger partial charge in [0.05, 0.1) is 28.4 Å². The molecule has 0 saturated heterocycles. The first-order valence-electron chi connectivity index (χ1n) is 8.77. The van der Waals surface area contributed by atoms with Gasteiger partial charge in [-0.1, -0.05) is 0 Å². The Kier molecular flexibility index (Phi) is 5.80. The van der Waals surface area contributed by atoms with Crippen LogP contribution in [0.1, 0.15) is 18.7 Å². The number of carbonyl (C=O) groups is 1. The molecule has 0 spiro atoms. The van der Waals surface area contributed by atoms with Gasteiger partial charge in [0.15, 0.2) is 24.6 Å². The molecule has 1 unspecified atom stereocenters. The molecule has 146 valence electrons. The van der Waals surface area contributed by atoms with Gasteiger partial charge in [-0.25, -0.2) is 0 Å². The lowest BCUT2D eigenvalue weighted by Crippen LogP contribution is -3.09. The Morgan fingerprint density at radius 2 is 1.85 bits per heavy atom. The van der Waals surface area contributed by atoms with Crippen molar-refractivity contribution in [3.8, 4) is 28.7 Å². The van der Waals surface area contributed by atoms with Crippen LogP contribution in [0.15, 0.2) is 16.5 Å². The minimum Gasteiger partial charge on any atom is -0.493 e. The summed E-state index contributed by atoms with van der Waals surface area (Å²) in [6.07, 6.45) is 2.15. The maximum Gasteiger partial charge on any atom is 0.275 e. The molecular formula is C18H25N4O5+. The fraction of sp³-hybridized carbons (Fsp3) is 0.500. The smallest absolute Gasteiger partial charge is 0.275 e. The van der Waals surface area contributed by atoms with Crippen molar-refractivity contribution in [1.82, 2.24) is 15.5 Å². The van der Waals surface area contributed by atoms with E-state index in [1.54, 1.807) is 33.5 Å². The molecular weight excluding hydrogens is 352 g/mol. The average Bonchev–Trinajstić information content (AvgIpc) is 3.34. The molecule has 1 heterocycles. The minimum atomic E-state index is 0.0411. The standard InChI is InChI=1S/C18H24N4O5/c1-22(9-15(23)19-12-5-6-12)10-16-20-21-18(27-16)11-7-13(24-2)17(26-4)14(8-11)25-3/h7-8,12H,5-6,9-10H2,1-4H3,(H,19,23)/p+1. The van der Waals surface area contributed by atoms with Crippen LogP contribution in [0, 0.1) is 0 Å². The largest absolute Gasteiger partial charge is 0.493 e. The lowest BCUT2D eigenvalue weighted by Gasteiger charge is -2.13. The van der Waals surface area contributed by atoms with Crippen LogP contribution >= 0.6 is 0 Å². The highest BCUT2D eigenvalue weighted by Gasteiger charge is 2.25. The van der Waals surface area contributed by atoms with E-state index in [9.17, 15) is 4.79 Å². The number of likely N-dealkylation sites (N-methyl/N-ethyl adjacent to an activating group) is 1. The zero-order valence-electron chi connectivity index (χ0n) is 16.0. The van der Waals surface area contributed by atoms with Gasteiger partial charge in [0, 0.05) is 11.6 Å². The maximum absolute atomic E-state index is 11.9. The van der Waals surface area contributed by atoms with Gasteiger partial charge in [0.2, 0.25) is 11.6 Å². The monoisotopic (exact) mass is 377 g/mol. The Morgan fingerprint density at radius 1 is 1.19 bits per heavy atom. The summed E-state index contributed by atoms with van der Waals surface area (Å²) in [6.45, 7) is 0.813. The Balaban J connectivity index is 1.70. The number of carbonyl (C=O) groups excluding carboxylic acids is 1. The van der Waals surface area contributed by atoms with Crippen LogP contribution in [0.5, 0.6) is 17.2 Å². The van der Waals surface area contributed by atoms with Crippen LogP contribution in [-0.2, 0) is 11.3 Å². The average molecular weight is 377 g/mol. The molecule has 1 aliphatic rings. The predicted octanol–water partition coefficient (Wildman–Crippen LogP) is 0.0557. The summed E-state index contributed by atoms with van der Waals surface area (Å²) in [5.41, 5.74) is 0.660. The van der Waals surface area contributed by atoms with Crippen molar-refractivity contribution in [2.24, 2.45) is 0 Å². The number of rotatable bonds is 9. The van der Waals surface area contributed by atoms with Crippen molar-refractivity contribution < 1.29 is 28.3 Å². The van der Waals surface area contributed by atoms with Gasteiger partial charge in [-0.05, 0) is 25.0 Å².